The summed E-state index contributed by atoms with van der Waals surface area (Å²) < 4.78 is 16.0. The summed E-state index contributed by atoms with van der Waals surface area (Å²) in [5.41, 5.74) is 0. The zero-order valence-electron chi connectivity index (χ0n) is 14.9. The van der Waals surface area contributed by atoms with Gasteiger partial charge in [0.1, 0.15) is 0 Å². The second-order valence-electron chi connectivity index (χ2n) is 5.62. The van der Waals surface area contributed by atoms with Gasteiger partial charge < -0.3 is 18.6 Å². The molecule has 0 aliphatic carbocycles. The van der Waals surface area contributed by atoms with Crippen LogP contribution in [-0.2, 0) is 18.1 Å². The van der Waals surface area contributed by atoms with Crippen LogP contribution in [0.15, 0.2) is 0 Å². The molecule has 0 aromatic carbocycles. The lowest BCUT2D eigenvalue weighted by Crippen LogP contribution is -2.43. The van der Waals surface area contributed by atoms with Gasteiger partial charge in [0, 0.05) is 40.3 Å². The third-order valence-electron chi connectivity index (χ3n) is 3.92. The largest absolute Gasteiger partial charge is 0.500 e. The summed E-state index contributed by atoms with van der Waals surface area (Å²) in [6, 6.07) is 0.716. The molecule has 0 rings (SSSR count). The number of nitrogens with one attached hydrogen (secondary N) is 1. The molecule has 0 saturated heterocycles. The predicted molar refractivity (Wildman–Crippen MR) is 91.8 cm³/mol. The Bertz CT molecular complexity index is 265. The van der Waals surface area contributed by atoms with Crippen molar-refractivity contribution in [1.82, 2.24) is 5.32 Å². The first-order valence-electron chi connectivity index (χ1n) is 8.56. The van der Waals surface area contributed by atoms with Crippen LogP contribution >= 0.6 is 0 Å². The third kappa shape index (κ3) is 10.3. The Morgan fingerprint density at radius 2 is 1.41 bits per heavy atom. The highest BCUT2D eigenvalue weighted by Crippen LogP contribution is 2.14. The van der Waals surface area contributed by atoms with E-state index in [1.54, 1.807) is 21.3 Å². The number of hydrogen-bond acceptors (Lipinski definition) is 4. The van der Waals surface area contributed by atoms with E-state index in [-0.39, 0.29) is 5.91 Å². The lowest BCUT2D eigenvalue weighted by molar-refractivity contribution is -0.121. The zero-order chi connectivity index (χ0) is 16.7. The van der Waals surface area contributed by atoms with Crippen molar-refractivity contribution in [1.29, 1.82) is 0 Å². The monoisotopic (exact) mass is 333 g/mol. The number of carbonyl (C=O) groups is 1. The van der Waals surface area contributed by atoms with E-state index in [1.165, 1.54) is 32.1 Å². The minimum atomic E-state index is -2.49. The van der Waals surface area contributed by atoms with Crippen LogP contribution < -0.4 is 5.32 Å². The molecule has 0 aromatic rings. The minimum Gasteiger partial charge on any atom is -0.377 e. The molecule has 0 aliphatic heterocycles. The molecule has 132 valence electrons. The Kier molecular flexibility index (Phi) is 13.9. The maximum atomic E-state index is 11.7. The second kappa shape index (κ2) is 14.2. The minimum absolute atomic E-state index is 0.146. The average molecular weight is 334 g/mol. The highest BCUT2D eigenvalue weighted by molar-refractivity contribution is 6.60. The van der Waals surface area contributed by atoms with E-state index in [4.69, 9.17) is 13.3 Å². The van der Waals surface area contributed by atoms with Crippen molar-refractivity contribution in [2.45, 2.75) is 70.8 Å². The van der Waals surface area contributed by atoms with Gasteiger partial charge in [-0.2, -0.15) is 0 Å². The van der Waals surface area contributed by atoms with E-state index in [0.29, 0.717) is 19.0 Å². The highest BCUT2D eigenvalue weighted by atomic mass is 28.4. The van der Waals surface area contributed by atoms with E-state index in [1.807, 2.05) is 0 Å². The quantitative estimate of drug-likeness (QED) is 0.368. The molecule has 0 bridgehead atoms. The van der Waals surface area contributed by atoms with Crippen molar-refractivity contribution < 1.29 is 18.1 Å². The molecule has 0 unspecified atom stereocenters. The zero-order valence-corrected chi connectivity index (χ0v) is 15.9. The lowest BCUT2D eigenvalue weighted by Gasteiger charge is -2.24. The van der Waals surface area contributed by atoms with Gasteiger partial charge in [0.25, 0.3) is 0 Å². The maximum Gasteiger partial charge on any atom is 0.500 e. The fraction of sp³-hybridized carbons (Fsp3) is 0.938. The van der Waals surface area contributed by atoms with E-state index in [2.05, 4.69) is 12.2 Å². The molecule has 0 saturated carbocycles. The van der Waals surface area contributed by atoms with Crippen molar-refractivity contribution in [2.24, 2.45) is 0 Å². The molecule has 22 heavy (non-hydrogen) atoms. The van der Waals surface area contributed by atoms with Crippen LogP contribution in [0.2, 0.25) is 6.04 Å². The molecule has 0 atom stereocenters. The van der Waals surface area contributed by atoms with Crippen LogP contribution in [-0.4, -0.2) is 42.6 Å². The molecule has 0 aliphatic rings. The van der Waals surface area contributed by atoms with Crippen LogP contribution in [0.4, 0.5) is 0 Å². The maximum absolute atomic E-state index is 11.7. The summed E-state index contributed by atoms with van der Waals surface area (Å²) >= 11 is 0. The van der Waals surface area contributed by atoms with E-state index < -0.39 is 8.80 Å². The molecule has 0 aromatic heterocycles. The van der Waals surface area contributed by atoms with Crippen molar-refractivity contribution in [3.05, 3.63) is 0 Å². The van der Waals surface area contributed by atoms with Crippen molar-refractivity contribution in [2.75, 3.05) is 27.9 Å². The Labute approximate surface area is 137 Å². The van der Waals surface area contributed by atoms with Crippen molar-refractivity contribution in [3.63, 3.8) is 0 Å². The predicted octanol–water partition coefficient (Wildman–Crippen LogP) is 3.51. The number of amides is 1. The Balaban J connectivity index is 3.54. The fourth-order valence-electron chi connectivity index (χ4n) is 2.42. The van der Waals surface area contributed by atoms with Gasteiger partial charge in [-0.05, 0) is 12.8 Å². The van der Waals surface area contributed by atoms with Gasteiger partial charge in [0.15, 0.2) is 0 Å². The first kappa shape index (κ1) is 21.6. The number of carbonyl (C=O) groups excluding carboxylic acids is 1. The number of hydrogen-bond donors (Lipinski definition) is 1. The fourth-order valence-corrected chi connectivity index (χ4v) is 4.14. The van der Waals surface area contributed by atoms with Crippen LogP contribution in [0.25, 0.3) is 0 Å². The van der Waals surface area contributed by atoms with Gasteiger partial charge in [-0.3, -0.25) is 4.79 Å². The summed E-state index contributed by atoms with van der Waals surface area (Å²) in [5, 5.41) is 2.96. The third-order valence-corrected chi connectivity index (χ3v) is 6.75. The molecule has 1 amide bonds. The highest BCUT2D eigenvalue weighted by Gasteiger charge is 2.36. The number of rotatable bonds is 15. The summed E-state index contributed by atoms with van der Waals surface area (Å²) in [6.07, 6.45) is 10.1. The lowest BCUT2D eigenvalue weighted by atomic mass is 10.1. The van der Waals surface area contributed by atoms with Gasteiger partial charge in [0.05, 0.1) is 0 Å². The molecule has 0 heterocycles. The van der Waals surface area contributed by atoms with E-state index >= 15 is 0 Å². The molecule has 6 heteroatoms. The number of unbranched alkanes of at least 4 members (excludes halogenated alkanes) is 6. The van der Waals surface area contributed by atoms with Crippen LogP contribution in [0, 0.1) is 0 Å². The molecular weight excluding hydrogens is 298 g/mol. The van der Waals surface area contributed by atoms with Gasteiger partial charge >= 0.3 is 8.80 Å². The van der Waals surface area contributed by atoms with Gasteiger partial charge in [0.2, 0.25) is 5.91 Å². The van der Waals surface area contributed by atoms with Crippen LogP contribution in [0.1, 0.15) is 64.7 Å². The van der Waals surface area contributed by atoms with Crippen molar-refractivity contribution >= 4 is 14.7 Å². The van der Waals surface area contributed by atoms with Crippen molar-refractivity contribution in [3.8, 4) is 0 Å². The average Bonchev–Trinajstić information content (AvgIpc) is 2.55. The first-order valence-corrected chi connectivity index (χ1v) is 10.5. The topological polar surface area (TPSA) is 56.8 Å². The standard InChI is InChI=1S/C16H35NO4Si/c1-5-6-7-8-9-10-11-13-16(18)17-14-12-15-22(19-2,20-3)21-4/h5-15H2,1-4H3,(H,17,18). The van der Waals surface area contributed by atoms with Crippen LogP contribution in [0.5, 0.6) is 0 Å². The molecule has 0 radical (unpaired) electrons. The molecule has 0 spiro atoms. The second-order valence-corrected chi connectivity index (χ2v) is 8.71. The Hall–Kier alpha value is -0.433. The SMILES string of the molecule is CCCCCCCCCC(=O)NCCC[Si](OC)(OC)OC. The van der Waals surface area contributed by atoms with E-state index in [9.17, 15) is 4.79 Å². The summed E-state index contributed by atoms with van der Waals surface area (Å²) in [4.78, 5) is 11.7. The molecular formula is C16H35NO4Si. The van der Waals surface area contributed by atoms with Gasteiger partial charge in [-0.1, -0.05) is 45.4 Å². The van der Waals surface area contributed by atoms with Gasteiger partial charge in [-0.15, -0.1) is 0 Å². The molecule has 1 N–H and O–H groups in total. The summed E-state index contributed by atoms with van der Waals surface area (Å²) in [6.45, 7) is 2.88. The molecule has 5 nitrogen and oxygen atoms in total. The van der Waals surface area contributed by atoms with Gasteiger partial charge in [-0.25, -0.2) is 0 Å². The normalized spacial score (nSPS) is 11.6. The summed E-state index contributed by atoms with van der Waals surface area (Å²) in [7, 11) is 2.34. The Morgan fingerprint density at radius 3 is 1.95 bits per heavy atom. The Morgan fingerprint density at radius 1 is 0.864 bits per heavy atom. The summed E-state index contributed by atoms with van der Waals surface area (Å²) in [5.74, 6) is 0.146. The molecule has 0 fully saturated rings. The van der Waals surface area contributed by atoms with E-state index in [0.717, 1.165) is 19.3 Å². The van der Waals surface area contributed by atoms with Crippen LogP contribution in [0.3, 0.4) is 0 Å². The first-order chi connectivity index (χ1) is 10.6. The smallest absolute Gasteiger partial charge is 0.377 e.